The molecule has 0 unspecified atom stereocenters. The first-order valence-corrected chi connectivity index (χ1v) is 9.38. The van der Waals surface area contributed by atoms with Crippen molar-refractivity contribution in [3.63, 3.8) is 0 Å². The highest BCUT2D eigenvalue weighted by Gasteiger charge is 2.03. The zero-order valence-electron chi connectivity index (χ0n) is 17.6. The molecular weight excluding hydrogens is 360 g/mol. The molecule has 0 saturated carbocycles. The van der Waals surface area contributed by atoms with E-state index in [1.807, 2.05) is 37.3 Å². The molecule has 0 atom stereocenters. The van der Waals surface area contributed by atoms with Gasteiger partial charge in [-0.05, 0) is 50.1 Å². The van der Waals surface area contributed by atoms with E-state index in [0.717, 1.165) is 17.9 Å². The van der Waals surface area contributed by atoms with Gasteiger partial charge in [0.1, 0.15) is 6.61 Å². The lowest BCUT2D eigenvalue weighted by molar-refractivity contribution is 0.196. The molecule has 0 aliphatic heterocycles. The van der Waals surface area contributed by atoms with Gasteiger partial charge in [-0.25, -0.2) is 0 Å². The van der Waals surface area contributed by atoms with Gasteiger partial charge in [-0.15, -0.1) is 0 Å². The lowest BCUT2D eigenvalue weighted by Gasteiger charge is -2.09. The van der Waals surface area contributed by atoms with Crippen LogP contribution < -0.4 is 18.9 Å². The summed E-state index contributed by atoms with van der Waals surface area (Å²) in [6, 6.07) is 13.4. The summed E-state index contributed by atoms with van der Waals surface area (Å²) in [7, 11) is 3.25. The number of aliphatic hydroxyl groups is 2. The number of hydrogen-bond acceptors (Lipinski definition) is 6. The summed E-state index contributed by atoms with van der Waals surface area (Å²) >= 11 is 0. The Bertz CT molecular complexity index is 630. The number of rotatable bonds is 8. The summed E-state index contributed by atoms with van der Waals surface area (Å²) < 4.78 is 20.9. The third-order valence-corrected chi connectivity index (χ3v) is 3.35. The number of ether oxygens (including phenoxy) is 4. The van der Waals surface area contributed by atoms with E-state index in [4.69, 9.17) is 29.2 Å². The first-order valence-electron chi connectivity index (χ1n) is 9.38. The average molecular weight is 395 g/mol. The van der Waals surface area contributed by atoms with Crippen LogP contribution in [0, 0.1) is 0 Å². The molecule has 0 amide bonds. The summed E-state index contributed by atoms with van der Waals surface area (Å²) in [5.74, 6) is 2.99. The number of hydrogen-bond donors (Lipinski definition) is 2. The predicted octanol–water partition coefficient (Wildman–Crippen LogP) is 3.72. The molecule has 0 heterocycles. The van der Waals surface area contributed by atoms with Crippen molar-refractivity contribution >= 4 is 0 Å². The van der Waals surface area contributed by atoms with Crippen LogP contribution in [0.3, 0.4) is 0 Å². The Kier molecular flexibility index (Phi) is 15.3. The number of benzene rings is 2. The Morgan fingerprint density at radius 1 is 0.750 bits per heavy atom. The van der Waals surface area contributed by atoms with Crippen LogP contribution in [0.2, 0.25) is 0 Å². The van der Waals surface area contributed by atoms with Gasteiger partial charge in [-0.3, -0.25) is 0 Å². The maximum absolute atomic E-state index is 8.53. The SMILES string of the molecule is CCO.CCOc1ccc(CC)cc1OC.COc1ccccc1OCCO. The van der Waals surface area contributed by atoms with Crippen LogP contribution >= 0.6 is 0 Å². The van der Waals surface area contributed by atoms with Gasteiger partial charge in [0.15, 0.2) is 23.0 Å². The Balaban J connectivity index is 0.000000458. The van der Waals surface area contributed by atoms with Crippen LogP contribution in [0.4, 0.5) is 0 Å². The summed E-state index contributed by atoms with van der Waals surface area (Å²) in [6.45, 7) is 6.99. The van der Waals surface area contributed by atoms with E-state index in [0.29, 0.717) is 24.7 Å². The minimum Gasteiger partial charge on any atom is -0.493 e. The predicted molar refractivity (Wildman–Crippen MR) is 112 cm³/mol. The Morgan fingerprint density at radius 3 is 1.82 bits per heavy atom. The first kappa shape index (κ1) is 25.6. The molecule has 0 aromatic heterocycles. The van der Waals surface area contributed by atoms with Crippen LogP contribution in [0.25, 0.3) is 0 Å². The molecule has 2 rings (SSSR count). The van der Waals surface area contributed by atoms with E-state index in [1.54, 1.807) is 27.2 Å². The molecule has 0 spiro atoms. The third kappa shape index (κ3) is 10.0. The highest BCUT2D eigenvalue weighted by Crippen LogP contribution is 2.28. The molecule has 0 aliphatic rings. The van der Waals surface area contributed by atoms with Crippen LogP contribution in [0.5, 0.6) is 23.0 Å². The van der Waals surface area contributed by atoms with E-state index in [1.165, 1.54) is 5.56 Å². The van der Waals surface area contributed by atoms with Gasteiger partial charge in [0.2, 0.25) is 0 Å². The Morgan fingerprint density at radius 2 is 1.32 bits per heavy atom. The van der Waals surface area contributed by atoms with Crippen molar-refractivity contribution in [2.24, 2.45) is 0 Å². The summed E-state index contributed by atoms with van der Waals surface area (Å²) in [5, 5.41) is 16.1. The van der Waals surface area contributed by atoms with Gasteiger partial charge >= 0.3 is 0 Å². The second kappa shape index (κ2) is 16.7. The Hall–Kier alpha value is -2.44. The highest BCUT2D eigenvalue weighted by atomic mass is 16.5. The molecule has 0 saturated heterocycles. The van der Waals surface area contributed by atoms with E-state index in [2.05, 4.69) is 13.0 Å². The zero-order chi connectivity index (χ0) is 21.2. The quantitative estimate of drug-likeness (QED) is 0.711. The van der Waals surface area contributed by atoms with Crippen molar-refractivity contribution in [2.75, 3.05) is 40.6 Å². The van der Waals surface area contributed by atoms with Gasteiger partial charge in [0.05, 0.1) is 27.4 Å². The molecule has 0 bridgehead atoms. The molecule has 28 heavy (non-hydrogen) atoms. The molecule has 6 heteroatoms. The Labute approximate surface area is 168 Å². The average Bonchev–Trinajstić information content (AvgIpc) is 2.74. The molecular formula is C22H34O6. The van der Waals surface area contributed by atoms with Crippen molar-refractivity contribution in [2.45, 2.75) is 27.2 Å². The van der Waals surface area contributed by atoms with Crippen LogP contribution in [-0.4, -0.2) is 50.9 Å². The molecule has 0 aliphatic carbocycles. The number of aryl methyl sites for hydroxylation is 1. The monoisotopic (exact) mass is 394 g/mol. The van der Waals surface area contributed by atoms with Gasteiger partial charge in [-0.2, -0.15) is 0 Å². The smallest absolute Gasteiger partial charge is 0.161 e. The fraction of sp³-hybridized carbons (Fsp3) is 0.455. The fourth-order valence-electron chi connectivity index (χ4n) is 2.10. The lowest BCUT2D eigenvalue weighted by Crippen LogP contribution is -2.02. The second-order valence-electron chi connectivity index (χ2n) is 5.31. The standard InChI is InChI=1S/C11H16O2.C9H12O3.C2H6O/c1-4-9-6-7-10(13-5-2)11(8-9)12-3;1-11-8-4-2-3-5-9(8)12-7-6-10;1-2-3/h6-8H,4-5H2,1-3H3;2-5,10H,6-7H2,1H3;3H,2H2,1H3. The largest absolute Gasteiger partial charge is 0.493 e. The van der Waals surface area contributed by atoms with Crippen molar-refractivity contribution in [1.29, 1.82) is 0 Å². The molecule has 2 aromatic carbocycles. The number of methoxy groups -OCH3 is 2. The molecule has 158 valence electrons. The van der Waals surface area contributed by atoms with Crippen molar-refractivity contribution in [3.8, 4) is 23.0 Å². The van der Waals surface area contributed by atoms with Crippen molar-refractivity contribution in [3.05, 3.63) is 48.0 Å². The molecule has 0 fully saturated rings. The van der Waals surface area contributed by atoms with Crippen LogP contribution in [0.1, 0.15) is 26.3 Å². The topological polar surface area (TPSA) is 77.4 Å². The lowest BCUT2D eigenvalue weighted by atomic mass is 10.1. The van der Waals surface area contributed by atoms with E-state index >= 15 is 0 Å². The normalized spacial score (nSPS) is 9.25. The van der Waals surface area contributed by atoms with E-state index in [-0.39, 0.29) is 13.2 Å². The minimum absolute atomic E-state index is 0.0120. The molecule has 0 radical (unpaired) electrons. The van der Waals surface area contributed by atoms with Gasteiger partial charge in [0, 0.05) is 6.61 Å². The second-order valence-corrected chi connectivity index (χ2v) is 5.31. The van der Waals surface area contributed by atoms with E-state index in [9.17, 15) is 0 Å². The van der Waals surface area contributed by atoms with Gasteiger partial charge in [0.25, 0.3) is 0 Å². The highest BCUT2D eigenvalue weighted by molar-refractivity contribution is 5.43. The summed E-state index contributed by atoms with van der Waals surface area (Å²) in [4.78, 5) is 0. The summed E-state index contributed by atoms with van der Waals surface area (Å²) in [6.07, 6.45) is 1.02. The number of aliphatic hydroxyl groups excluding tert-OH is 2. The minimum atomic E-state index is 0.0120. The van der Waals surface area contributed by atoms with Crippen molar-refractivity contribution < 1.29 is 29.2 Å². The maximum atomic E-state index is 8.53. The molecule has 2 aromatic rings. The molecule has 2 N–H and O–H groups in total. The number of para-hydroxylation sites is 2. The van der Waals surface area contributed by atoms with E-state index < -0.39 is 0 Å². The first-order chi connectivity index (χ1) is 13.6. The molecule has 6 nitrogen and oxygen atoms in total. The van der Waals surface area contributed by atoms with Crippen LogP contribution in [0.15, 0.2) is 42.5 Å². The van der Waals surface area contributed by atoms with Crippen LogP contribution in [-0.2, 0) is 6.42 Å². The maximum Gasteiger partial charge on any atom is 0.161 e. The fourth-order valence-corrected chi connectivity index (χ4v) is 2.10. The zero-order valence-corrected chi connectivity index (χ0v) is 17.6. The van der Waals surface area contributed by atoms with Gasteiger partial charge < -0.3 is 29.2 Å². The summed E-state index contributed by atoms with van der Waals surface area (Å²) in [5.41, 5.74) is 1.26. The third-order valence-electron chi connectivity index (χ3n) is 3.35. The van der Waals surface area contributed by atoms with Crippen molar-refractivity contribution in [1.82, 2.24) is 0 Å². The van der Waals surface area contributed by atoms with Gasteiger partial charge in [-0.1, -0.05) is 25.1 Å².